The molecule has 364 valence electrons. The van der Waals surface area contributed by atoms with Gasteiger partial charge in [0.25, 0.3) is 0 Å². The molecule has 0 saturated heterocycles. The molecule has 0 atom stereocenters. The molecule has 0 aromatic carbocycles. The summed E-state index contributed by atoms with van der Waals surface area (Å²) in [6.07, 6.45) is 40.1. The Morgan fingerprint density at radius 1 is 0.344 bits per heavy atom. The molecule has 0 heterocycles. The number of esters is 2. The van der Waals surface area contributed by atoms with Crippen molar-refractivity contribution in [1.29, 1.82) is 0 Å². The molecule has 0 rings (SSSR count). The summed E-state index contributed by atoms with van der Waals surface area (Å²) in [4.78, 5) is 33.1. The zero-order chi connectivity index (χ0) is 44.8. The average Bonchev–Trinajstić information content (AvgIpc) is 3.27. The smallest absolute Gasteiger partial charge is 0.323 e. The van der Waals surface area contributed by atoms with Crippen molar-refractivity contribution in [3.05, 3.63) is 0 Å². The van der Waals surface area contributed by atoms with Gasteiger partial charge in [-0.1, -0.05) is 195 Å². The van der Waals surface area contributed by atoms with Crippen LogP contribution >= 0.6 is 0 Å². The van der Waals surface area contributed by atoms with Crippen molar-refractivity contribution in [2.75, 3.05) is 65.7 Å². The third-order valence-corrected chi connectivity index (χ3v) is 12.8. The zero-order valence-corrected chi connectivity index (χ0v) is 41.4. The van der Waals surface area contributed by atoms with E-state index in [1.165, 1.54) is 103 Å². The molecule has 0 radical (unpaired) electrons. The molecule has 0 amide bonds. The lowest BCUT2D eigenvalue weighted by molar-refractivity contribution is -0.174. The summed E-state index contributed by atoms with van der Waals surface area (Å²) in [7, 11) is 0. The molecule has 0 unspecified atom stereocenters. The summed E-state index contributed by atoms with van der Waals surface area (Å²) in [6, 6.07) is 0. The van der Waals surface area contributed by atoms with Gasteiger partial charge in [0.1, 0.15) is 0 Å². The van der Waals surface area contributed by atoms with E-state index in [9.17, 15) is 19.8 Å². The number of carbonyl (C=O) groups excluding carboxylic acids is 2. The number of hydrogen-bond acceptors (Lipinski definition) is 8. The van der Waals surface area contributed by atoms with Crippen molar-refractivity contribution >= 4 is 11.9 Å². The number of aliphatic hydroxyl groups excluding tert-OH is 2. The second-order valence-corrected chi connectivity index (χ2v) is 18.6. The Kier molecular flexibility index (Phi) is 45.8. The summed E-state index contributed by atoms with van der Waals surface area (Å²) in [5.74, 6) is -0.712. The van der Waals surface area contributed by atoms with Gasteiger partial charge in [-0.05, 0) is 90.4 Å². The SMILES string of the molecule is CCCCCCCCCCN(CCCO)CCCCCCOC(=O)C(CCCCCC)(CCCCCC)C(=O)OCCCCCCN(CCCO)CCCCCCCCCC. The van der Waals surface area contributed by atoms with Crippen LogP contribution in [0, 0.1) is 5.41 Å². The highest BCUT2D eigenvalue weighted by molar-refractivity contribution is 6.00. The maximum atomic E-state index is 14.0. The minimum absolute atomic E-state index is 0.247. The number of unbranched alkanes of at least 4 members (excludes halogenated alkanes) is 26. The summed E-state index contributed by atoms with van der Waals surface area (Å²) in [6.45, 7) is 16.4. The lowest BCUT2D eigenvalue weighted by Gasteiger charge is -2.30. The first-order chi connectivity index (χ1) is 29.9. The van der Waals surface area contributed by atoms with E-state index < -0.39 is 5.41 Å². The van der Waals surface area contributed by atoms with Gasteiger partial charge in [0.2, 0.25) is 0 Å². The third kappa shape index (κ3) is 35.8. The fraction of sp³-hybridized carbons (Fsp3) is 0.962. The molecule has 0 aromatic heterocycles. The van der Waals surface area contributed by atoms with E-state index in [0.29, 0.717) is 26.1 Å². The van der Waals surface area contributed by atoms with Crippen molar-refractivity contribution in [2.45, 2.75) is 259 Å². The average molecular weight is 867 g/mol. The molecule has 0 bridgehead atoms. The Morgan fingerprint density at radius 3 is 0.885 bits per heavy atom. The fourth-order valence-corrected chi connectivity index (χ4v) is 8.71. The van der Waals surface area contributed by atoms with Crippen LogP contribution in [0.5, 0.6) is 0 Å². The number of hydrogen-bond donors (Lipinski definition) is 2. The first-order valence-corrected chi connectivity index (χ1v) is 27.0. The third-order valence-electron chi connectivity index (χ3n) is 12.8. The molecule has 0 aliphatic heterocycles. The highest BCUT2D eigenvalue weighted by atomic mass is 16.6. The number of aliphatic hydroxyl groups is 2. The van der Waals surface area contributed by atoms with Crippen LogP contribution in [0.15, 0.2) is 0 Å². The lowest BCUT2D eigenvalue weighted by atomic mass is 9.77. The minimum atomic E-state index is -1.20. The topological polar surface area (TPSA) is 99.5 Å². The van der Waals surface area contributed by atoms with Crippen molar-refractivity contribution < 1.29 is 29.3 Å². The molecule has 0 fully saturated rings. The van der Waals surface area contributed by atoms with Crippen molar-refractivity contribution in [1.82, 2.24) is 9.80 Å². The zero-order valence-electron chi connectivity index (χ0n) is 41.4. The summed E-state index contributed by atoms with van der Waals surface area (Å²) < 4.78 is 12.0. The number of ether oxygens (including phenoxy) is 2. The van der Waals surface area contributed by atoms with Gasteiger partial charge in [0, 0.05) is 26.3 Å². The van der Waals surface area contributed by atoms with Gasteiger partial charge in [-0.2, -0.15) is 0 Å². The highest BCUT2D eigenvalue weighted by Crippen LogP contribution is 2.36. The van der Waals surface area contributed by atoms with Gasteiger partial charge in [0.05, 0.1) is 13.2 Å². The van der Waals surface area contributed by atoms with Crippen molar-refractivity contribution in [3.8, 4) is 0 Å². The fourth-order valence-electron chi connectivity index (χ4n) is 8.71. The van der Waals surface area contributed by atoms with Gasteiger partial charge < -0.3 is 29.5 Å². The van der Waals surface area contributed by atoms with E-state index in [1.54, 1.807) is 0 Å². The van der Waals surface area contributed by atoms with Gasteiger partial charge >= 0.3 is 11.9 Å². The molecule has 0 aliphatic rings. The second kappa shape index (κ2) is 46.8. The van der Waals surface area contributed by atoms with E-state index >= 15 is 0 Å². The standard InChI is InChI=1S/C53H106N2O6/c1-5-9-13-17-19-21-23-31-41-54(45-37-47-56)43-33-25-27-35-49-60-51(58)53(39-29-15-11-7-3,40-30-16-12-8-4)52(59)61-50-36-28-26-34-44-55(46-38-48-57)42-32-24-22-20-18-14-10-6-2/h56-57H,5-50H2,1-4H3. The number of nitrogens with zero attached hydrogens (tertiary/aromatic N) is 2. The molecular formula is C53H106N2O6. The Labute approximate surface area is 379 Å². The summed E-state index contributed by atoms with van der Waals surface area (Å²) in [5.41, 5.74) is -1.20. The quantitative estimate of drug-likeness (QED) is 0.0354. The van der Waals surface area contributed by atoms with Gasteiger partial charge in [-0.15, -0.1) is 0 Å². The monoisotopic (exact) mass is 867 g/mol. The van der Waals surface area contributed by atoms with Crippen LogP contribution < -0.4 is 0 Å². The summed E-state index contributed by atoms with van der Waals surface area (Å²) in [5, 5.41) is 18.9. The summed E-state index contributed by atoms with van der Waals surface area (Å²) >= 11 is 0. The molecular weight excluding hydrogens is 761 g/mol. The Hall–Kier alpha value is -1.22. The minimum Gasteiger partial charge on any atom is -0.465 e. The van der Waals surface area contributed by atoms with Crippen LogP contribution in [-0.2, 0) is 19.1 Å². The Morgan fingerprint density at radius 2 is 0.590 bits per heavy atom. The van der Waals surface area contributed by atoms with Crippen LogP contribution in [0.4, 0.5) is 0 Å². The molecule has 2 N–H and O–H groups in total. The molecule has 8 heteroatoms. The first-order valence-electron chi connectivity index (χ1n) is 27.0. The molecule has 0 spiro atoms. The van der Waals surface area contributed by atoms with Gasteiger partial charge in [-0.3, -0.25) is 9.59 Å². The van der Waals surface area contributed by atoms with Gasteiger partial charge in [0.15, 0.2) is 5.41 Å². The van der Waals surface area contributed by atoms with E-state index in [4.69, 9.17) is 9.47 Å². The van der Waals surface area contributed by atoms with Crippen molar-refractivity contribution in [2.24, 2.45) is 5.41 Å². The maximum Gasteiger partial charge on any atom is 0.323 e. The Bertz CT molecular complexity index is 847. The molecule has 0 saturated carbocycles. The van der Waals surface area contributed by atoms with Crippen LogP contribution in [0.25, 0.3) is 0 Å². The molecule has 0 aliphatic carbocycles. The van der Waals surface area contributed by atoms with Crippen molar-refractivity contribution in [3.63, 3.8) is 0 Å². The van der Waals surface area contributed by atoms with Crippen LogP contribution in [0.3, 0.4) is 0 Å². The predicted molar refractivity (Wildman–Crippen MR) is 260 cm³/mol. The van der Waals surface area contributed by atoms with Crippen LogP contribution in [0.2, 0.25) is 0 Å². The lowest BCUT2D eigenvalue weighted by Crippen LogP contribution is -2.42. The van der Waals surface area contributed by atoms with E-state index in [2.05, 4.69) is 37.5 Å². The normalized spacial score (nSPS) is 11.9. The molecule has 61 heavy (non-hydrogen) atoms. The molecule has 0 aromatic rings. The van der Waals surface area contributed by atoms with E-state index in [1.807, 2.05) is 0 Å². The van der Waals surface area contributed by atoms with E-state index in [0.717, 1.165) is 155 Å². The largest absolute Gasteiger partial charge is 0.465 e. The Balaban J connectivity index is 4.98. The number of rotatable bonds is 50. The predicted octanol–water partition coefficient (Wildman–Crippen LogP) is 13.8. The van der Waals surface area contributed by atoms with Crippen LogP contribution in [0.1, 0.15) is 259 Å². The second-order valence-electron chi connectivity index (χ2n) is 18.6. The highest BCUT2D eigenvalue weighted by Gasteiger charge is 2.47. The van der Waals surface area contributed by atoms with Crippen LogP contribution in [-0.4, -0.2) is 97.6 Å². The first kappa shape index (κ1) is 59.8. The molecule has 8 nitrogen and oxygen atoms in total. The van der Waals surface area contributed by atoms with Gasteiger partial charge in [-0.25, -0.2) is 0 Å². The maximum absolute atomic E-state index is 14.0. The number of carbonyl (C=O) groups is 2. The van der Waals surface area contributed by atoms with E-state index in [-0.39, 0.29) is 25.2 Å².